The summed E-state index contributed by atoms with van der Waals surface area (Å²) in [7, 11) is 2.12. The fraction of sp³-hybridized carbons (Fsp3) is 0.650. The largest absolute Gasteiger partial charge is 0.481 e. The molecule has 0 spiro atoms. The number of hydrogen-bond donors (Lipinski definition) is 7. The minimum Gasteiger partial charge on any atom is -0.481 e. The van der Waals surface area contributed by atoms with Crippen LogP contribution in [0, 0.1) is 0 Å². The molecule has 16 nitrogen and oxygen atoms in total. The standard InChI is InChI=1S/C20H33N5O11/c1-35-16(30)9-13(20(34)36-2)25-19(33)12(24-18(32)11(22)8-15(28)29)5-3-4-6-23-17(31)10(21)7-14(26)27/h10-13H,3-9,21-22H2,1-2H3,(H,23,31)(H,24,32)(H,25,33)(H,26,27)(H,28,29). The first-order valence-corrected chi connectivity index (χ1v) is 10.8. The highest BCUT2D eigenvalue weighted by Crippen LogP contribution is 2.05. The van der Waals surface area contributed by atoms with Crippen molar-refractivity contribution in [3.63, 3.8) is 0 Å². The number of esters is 2. The molecule has 0 saturated carbocycles. The number of aliphatic carboxylic acids is 2. The minimum atomic E-state index is -1.46. The van der Waals surface area contributed by atoms with Crippen molar-refractivity contribution in [1.82, 2.24) is 16.0 Å². The van der Waals surface area contributed by atoms with Gasteiger partial charge in [0.2, 0.25) is 17.7 Å². The summed E-state index contributed by atoms with van der Waals surface area (Å²) in [6.07, 6.45) is -1.30. The third-order valence-electron chi connectivity index (χ3n) is 4.72. The summed E-state index contributed by atoms with van der Waals surface area (Å²) >= 11 is 0. The molecule has 4 atom stereocenters. The number of carbonyl (C=O) groups is 7. The Morgan fingerprint density at radius 1 is 0.722 bits per heavy atom. The lowest BCUT2D eigenvalue weighted by Crippen LogP contribution is -2.55. The number of hydrogen-bond acceptors (Lipinski definition) is 11. The van der Waals surface area contributed by atoms with Crippen LogP contribution in [0.5, 0.6) is 0 Å². The summed E-state index contributed by atoms with van der Waals surface area (Å²) in [5.41, 5.74) is 11.0. The fourth-order valence-electron chi connectivity index (χ4n) is 2.78. The lowest BCUT2D eigenvalue weighted by molar-refractivity contribution is -0.151. The molecule has 0 aromatic heterocycles. The van der Waals surface area contributed by atoms with Gasteiger partial charge in [0.05, 0.1) is 45.6 Å². The molecule has 0 fully saturated rings. The van der Waals surface area contributed by atoms with E-state index < -0.39 is 85.0 Å². The number of carboxylic acids is 2. The van der Waals surface area contributed by atoms with Gasteiger partial charge in [-0.15, -0.1) is 0 Å². The van der Waals surface area contributed by atoms with Crippen LogP contribution >= 0.6 is 0 Å². The summed E-state index contributed by atoms with van der Waals surface area (Å²) in [6.45, 7) is 0.0834. The van der Waals surface area contributed by atoms with E-state index in [0.717, 1.165) is 14.2 Å². The van der Waals surface area contributed by atoms with E-state index in [2.05, 4.69) is 25.4 Å². The summed E-state index contributed by atoms with van der Waals surface area (Å²) in [6, 6.07) is -5.40. The number of nitrogens with two attached hydrogens (primary N) is 2. The number of nitrogens with one attached hydrogen (secondary N) is 3. The molecule has 0 aromatic rings. The van der Waals surface area contributed by atoms with Crippen LogP contribution in [0.2, 0.25) is 0 Å². The molecular weight excluding hydrogens is 486 g/mol. The quantitative estimate of drug-likeness (QED) is 0.0729. The maximum atomic E-state index is 12.8. The number of methoxy groups -OCH3 is 2. The average Bonchev–Trinajstić information content (AvgIpc) is 2.80. The van der Waals surface area contributed by atoms with Crippen molar-refractivity contribution in [2.45, 2.75) is 62.7 Å². The van der Waals surface area contributed by atoms with Crippen LogP contribution in [-0.2, 0) is 43.0 Å². The van der Waals surface area contributed by atoms with E-state index >= 15 is 0 Å². The number of rotatable bonds is 17. The van der Waals surface area contributed by atoms with Crippen molar-refractivity contribution in [2.75, 3.05) is 20.8 Å². The Balaban J connectivity index is 5.20. The van der Waals surface area contributed by atoms with Gasteiger partial charge < -0.3 is 47.1 Å². The number of ether oxygens (including phenoxy) is 2. The third-order valence-corrected chi connectivity index (χ3v) is 4.72. The van der Waals surface area contributed by atoms with Gasteiger partial charge in [-0.3, -0.25) is 28.8 Å². The normalized spacial score (nSPS) is 13.8. The summed E-state index contributed by atoms with van der Waals surface area (Å²) in [5, 5.41) is 24.5. The second-order valence-electron chi connectivity index (χ2n) is 7.62. The molecule has 3 amide bonds. The second kappa shape index (κ2) is 16.8. The maximum absolute atomic E-state index is 12.8. The van der Waals surface area contributed by atoms with Gasteiger partial charge in [-0.1, -0.05) is 0 Å². The number of unbranched alkanes of at least 4 members (excludes halogenated alkanes) is 1. The van der Waals surface area contributed by atoms with Crippen LogP contribution in [0.4, 0.5) is 0 Å². The van der Waals surface area contributed by atoms with Crippen LogP contribution in [0.3, 0.4) is 0 Å². The smallest absolute Gasteiger partial charge is 0.328 e. The van der Waals surface area contributed by atoms with Crippen molar-refractivity contribution >= 4 is 41.6 Å². The summed E-state index contributed by atoms with van der Waals surface area (Å²) in [4.78, 5) is 81.8. The first kappa shape index (κ1) is 32.2. The molecule has 0 rings (SSSR count). The first-order chi connectivity index (χ1) is 16.8. The van der Waals surface area contributed by atoms with E-state index in [-0.39, 0.29) is 25.8 Å². The van der Waals surface area contributed by atoms with Crippen LogP contribution in [0.25, 0.3) is 0 Å². The Hall–Kier alpha value is -3.79. The summed E-state index contributed by atoms with van der Waals surface area (Å²) < 4.78 is 9.04. The molecule has 0 bridgehead atoms. The van der Waals surface area contributed by atoms with Gasteiger partial charge >= 0.3 is 23.9 Å². The van der Waals surface area contributed by atoms with Crippen LogP contribution < -0.4 is 27.4 Å². The number of carbonyl (C=O) groups excluding carboxylic acids is 5. The highest BCUT2D eigenvalue weighted by atomic mass is 16.5. The van der Waals surface area contributed by atoms with Gasteiger partial charge in [0.1, 0.15) is 12.1 Å². The van der Waals surface area contributed by atoms with Crippen molar-refractivity contribution < 1.29 is 53.2 Å². The Morgan fingerprint density at radius 2 is 1.25 bits per heavy atom. The molecule has 0 aromatic carbocycles. The minimum absolute atomic E-state index is 0.0273. The topological polar surface area (TPSA) is 267 Å². The van der Waals surface area contributed by atoms with E-state index in [1.54, 1.807) is 0 Å². The molecule has 0 aliphatic rings. The highest BCUT2D eigenvalue weighted by Gasteiger charge is 2.30. The number of amides is 3. The van der Waals surface area contributed by atoms with Crippen LogP contribution in [-0.4, -0.2) is 96.7 Å². The van der Waals surface area contributed by atoms with E-state index in [4.69, 9.17) is 21.7 Å². The van der Waals surface area contributed by atoms with Gasteiger partial charge in [-0.25, -0.2) is 4.79 Å². The Bertz CT molecular complexity index is 820. The zero-order valence-electron chi connectivity index (χ0n) is 20.0. The zero-order valence-corrected chi connectivity index (χ0v) is 20.0. The molecule has 36 heavy (non-hydrogen) atoms. The van der Waals surface area contributed by atoms with E-state index in [1.807, 2.05) is 0 Å². The monoisotopic (exact) mass is 519 g/mol. The Morgan fingerprint density at radius 3 is 1.75 bits per heavy atom. The molecule has 0 radical (unpaired) electrons. The molecule has 9 N–H and O–H groups in total. The third kappa shape index (κ3) is 13.2. The molecule has 0 saturated heterocycles. The van der Waals surface area contributed by atoms with Crippen molar-refractivity contribution in [2.24, 2.45) is 11.5 Å². The SMILES string of the molecule is COC(=O)CC(NC(=O)C(CCCCNC(=O)C(N)CC(=O)O)NC(=O)C(N)CC(=O)O)C(=O)OC. The first-order valence-electron chi connectivity index (χ1n) is 10.8. The van der Waals surface area contributed by atoms with Gasteiger partial charge in [0.15, 0.2) is 0 Å². The van der Waals surface area contributed by atoms with Crippen molar-refractivity contribution in [3.8, 4) is 0 Å². The average molecular weight is 520 g/mol. The zero-order chi connectivity index (χ0) is 27.8. The van der Waals surface area contributed by atoms with Gasteiger partial charge in [0.25, 0.3) is 0 Å². The molecule has 0 aliphatic carbocycles. The second-order valence-corrected chi connectivity index (χ2v) is 7.62. The lowest BCUT2D eigenvalue weighted by atomic mass is 10.1. The van der Waals surface area contributed by atoms with Gasteiger partial charge in [-0.05, 0) is 19.3 Å². The van der Waals surface area contributed by atoms with E-state index in [0.29, 0.717) is 0 Å². The number of carboxylic acid groups (broad SMARTS) is 2. The molecule has 0 aliphatic heterocycles. The van der Waals surface area contributed by atoms with Crippen LogP contribution in [0.15, 0.2) is 0 Å². The Kier molecular flexibility index (Phi) is 15.0. The molecule has 4 unspecified atom stereocenters. The van der Waals surface area contributed by atoms with Gasteiger partial charge in [0, 0.05) is 6.54 Å². The van der Waals surface area contributed by atoms with E-state index in [1.165, 1.54) is 0 Å². The molecular formula is C20H33N5O11. The molecule has 0 heterocycles. The predicted molar refractivity (Wildman–Crippen MR) is 120 cm³/mol. The van der Waals surface area contributed by atoms with E-state index in [9.17, 15) is 33.6 Å². The van der Waals surface area contributed by atoms with Crippen LogP contribution in [0.1, 0.15) is 38.5 Å². The molecule has 16 heteroatoms. The van der Waals surface area contributed by atoms with Gasteiger partial charge in [-0.2, -0.15) is 0 Å². The Labute approximate surface area is 206 Å². The lowest BCUT2D eigenvalue weighted by Gasteiger charge is -2.23. The van der Waals surface area contributed by atoms with Crippen molar-refractivity contribution in [1.29, 1.82) is 0 Å². The predicted octanol–water partition coefficient (Wildman–Crippen LogP) is -3.42. The molecule has 204 valence electrons. The maximum Gasteiger partial charge on any atom is 0.328 e. The summed E-state index contributed by atoms with van der Waals surface area (Å²) in [5.74, 6) is -6.82. The van der Waals surface area contributed by atoms with Crippen molar-refractivity contribution in [3.05, 3.63) is 0 Å². The highest BCUT2D eigenvalue weighted by molar-refractivity contribution is 5.94. The fourth-order valence-corrected chi connectivity index (χ4v) is 2.78.